The Balaban J connectivity index is 1.56. The monoisotopic (exact) mass is 329 g/mol. The molecule has 2 fully saturated rings. The Hall–Kier alpha value is -1.55. The van der Waals surface area contributed by atoms with Gasteiger partial charge in [-0.15, -0.1) is 0 Å². The van der Waals surface area contributed by atoms with Crippen LogP contribution >= 0.6 is 0 Å². The smallest absolute Gasteiger partial charge is 0.193 e. The highest BCUT2D eigenvalue weighted by Gasteiger charge is 2.27. The van der Waals surface area contributed by atoms with Crippen LogP contribution in [0.1, 0.15) is 38.2 Å². The Kier molecular flexibility index (Phi) is 6.13. The van der Waals surface area contributed by atoms with E-state index >= 15 is 0 Å². The van der Waals surface area contributed by atoms with Gasteiger partial charge in [0.15, 0.2) is 5.96 Å². The number of likely N-dealkylation sites (tertiary alicyclic amines) is 1. The minimum atomic E-state index is -0.152. The van der Waals surface area contributed by atoms with Crippen LogP contribution in [0.2, 0.25) is 0 Å². The number of aliphatic hydroxyl groups is 1. The molecule has 0 aromatic heterocycles. The summed E-state index contributed by atoms with van der Waals surface area (Å²) < 4.78 is 0. The van der Waals surface area contributed by atoms with E-state index < -0.39 is 0 Å². The standard InChI is InChI=1S/C20H31N3O/c1-2-21-20(22-14-18-9-6-10-19(18)24)23-12-11-17(15-23)13-16-7-4-3-5-8-16/h3-5,7-8,17-19,24H,2,6,9-15H2,1H3,(H,21,22). The molecular weight excluding hydrogens is 298 g/mol. The zero-order valence-electron chi connectivity index (χ0n) is 14.8. The summed E-state index contributed by atoms with van der Waals surface area (Å²) in [5.74, 6) is 2.09. The van der Waals surface area contributed by atoms with Gasteiger partial charge in [0, 0.05) is 32.1 Å². The molecule has 132 valence electrons. The van der Waals surface area contributed by atoms with Crippen molar-refractivity contribution in [3.05, 3.63) is 35.9 Å². The van der Waals surface area contributed by atoms with E-state index in [0.29, 0.717) is 11.8 Å². The molecule has 3 unspecified atom stereocenters. The maximum atomic E-state index is 10.00. The Labute approximate surface area is 146 Å². The summed E-state index contributed by atoms with van der Waals surface area (Å²) in [4.78, 5) is 7.24. The first-order valence-electron chi connectivity index (χ1n) is 9.51. The van der Waals surface area contributed by atoms with E-state index in [2.05, 4.69) is 47.5 Å². The quantitative estimate of drug-likeness (QED) is 0.645. The van der Waals surface area contributed by atoms with Crippen LogP contribution in [0, 0.1) is 11.8 Å². The van der Waals surface area contributed by atoms with Gasteiger partial charge in [-0.25, -0.2) is 0 Å². The molecule has 1 saturated heterocycles. The lowest BCUT2D eigenvalue weighted by molar-refractivity contribution is 0.136. The van der Waals surface area contributed by atoms with Crippen molar-refractivity contribution in [2.75, 3.05) is 26.2 Å². The lowest BCUT2D eigenvalue weighted by atomic mass is 9.99. The van der Waals surface area contributed by atoms with Gasteiger partial charge in [0.05, 0.1) is 6.10 Å². The molecular formula is C20H31N3O. The van der Waals surface area contributed by atoms with E-state index in [-0.39, 0.29) is 6.10 Å². The summed E-state index contributed by atoms with van der Waals surface area (Å²) in [6.45, 7) is 5.93. The first-order valence-corrected chi connectivity index (χ1v) is 9.51. The van der Waals surface area contributed by atoms with Gasteiger partial charge in [-0.1, -0.05) is 36.8 Å². The molecule has 0 amide bonds. The fourth-order valence-corrected chi connectivity index (χ4v) is 4.00. The molecule has 1 aliphatic carbocycles. The zero-order valence-corrected chi connectivity index (χ0v) is 14.8. The van der Waals surface area contributed by atoms with Gasteiger partial charge in [-0.05, 0) is 44.1 Å². The van der Waals surface area contributed by atoms with Crippen molar-refractivity contribution in [1.82, 2.24) is 10.2 Å². The molecule has 1 aromatic rings. The van der Waals surface area contributed by atoms with Crippen molar-refractivity contribution in [2.45, 2.75) is 45.1 Å². The zero-order chi connectivity index (χ0) is 16.8. The third kappa shape index (κ3) is 4.50. The topological polar surface area (TPSA) is 47.9 Å². The van der Waals surface area contributed by atoms with Crippen LogP contribution in [-0.2, 0) is 6.42 Å². The molecule has 0 bridgehead atoms. The second-order valence-corrected chi connectivity index (χ2v) is 7.24. The van der Waals surface area contributed by atoms with Crippen LogP contribution in [-0.4, -0.2) is 48.2 Å². The van der Waals surface area contributed by atoms with E-state index in [9.17, 15) is 5.11 Å². The van der Waals surface area contributed by atoms with Crippen LogP contribution in [0.15, 0.2) is 35.3 Å². The first-order chi connectivity index (χ1) is 11.8. The minimum absolute atomic E-state index is 0.152. The van der Waals surface area contributed by atoms with Crippen molar-refractivity contribution in [3.8, 4) is 0 Å². The number of nitrogens with zero attached hydrogens (tertiary/aromatic N) is 2. The number of hydrogen-bond donors (Lipinski definition) is 2. The SMILES string of the molecule is CCNC(=NCC1CCCC1O)N1CCC(Cc2ccccc2)C1. The summed E-state index contributed by atoms with van der Waals surface area (Å²) in [6, 6.07) is 10.8. The Morgan fingerprint density at radius 2 is 2.08 bits per heavy atom. The number of nitrogens with one attached hydrogen (secondary N) is 1. The van der Waals surface area contributed by atoms with Gasteiger partial charge in [0.1, 0.15) is 0 Å². The number of benzene rings is 1. The van der Waals surface area contributed by atoms with E-state index in [4.69, 9.17) is 4.99 Å². The Morgan fingerprint density at radius 3 is 2.79 bits per heavy atom. The number of aliphatic hydroxyl groups excluding tert-OH is 1. The predicted molar refractivity (Wildman–Crippen MR) is 99.2 cm³/mol. The number of rotatable bonds is 5. The number of guanidine groups is 1. The molecule has 2 aliphatic rings. The average Bonchev–Trinajstić information content (AvgIpc) is 3.22. The lowest BCUT2D eigenvalue weighted by Crippen LogP contribution is -2.40. The van der Waals surface area contributed by atoms with Crippen molar-refractivity contribution >= 4 is 5.96 Å². The van der Waals surface area contributed by atoms with E-state index in [1.807, 2.05) is 0 Å². The molecule has 4 heteroatoms. The van der Waals surface area contributed by atoms with Crippen LogP contribution in [0.3, 0.4) is 0 Å². The normalized spacial score (nSPS) is 27.7. The summed E-state index contributed by atoms with van der Waals surface area (Å²) >= 11 is 0. The molecule has 3 atom stereocenters. The van der Waals surface area contributed by atoms with Gasteiger partial charge < -0.3 is 15.3 Å². The highest BCUT2D eigenvalue weighted by Crippen LogP contribution is 2.26. The first kappa shape index (κ1) is 17.3. The molecule has 0 radical (unpaired) electrons. The third-order valence-corrected chi connectivity index (χ3v) is 5.38. The summed E-state index contributed by atoms with van der Waals surface area (Å²) in [5.41, 5.74) is 1.43. The van der Waals surface area contributed by atoms with Crippen molar-refractivity contribution < 1.29 is 5.11 Å². The maximum absolute atomic E-state index is 10.00. The molecule has 3 rings (SSSR count). The predicted octanol–water partition coefficient (Wildman–Crippen LogP) is 2.68. The van der Waals surface area contributed by atoms with Gasteiger partial charge >= 0.3 is 0 Å². The molecule has 1 saturated carbocycles. The fourth-order valence-electron chi connectivity index (χ4n) is 4.00. The number of aliphatic imine (C=N–C) groups is 1. The van der Waals surface area contributed by atoms with Crippen LogP contribution in [0.4, 0.5) is 0 Å². The second kappa shape index (κ2) is 8.52. The van der Waals surface area contributed by atoms with Crippen molar-refractivity contribution in [3.63, 3.8) is 0 Å². The molecule has 1 aliphatic heterocycles. The van der Waals surface area contributed by atoms with E-state index in [1.165, 1.54) is 12.0 Å². The molecule has 4 nitrogen and oxygen atoms in total. The lowest BCUT2D eigenvalue weighted by Gasteiger charge is -2.23. The maximum Gasteiger partial charge on any atom is 0.193 e. The van der Waals surface area contributed by atoms with Gasteiger partial charge in [0.25, 0.3) is 0 Å². The van der Waals surface area contributed by atoms with Gasteiger partial charge in [0.2, 0.25) is 0 Å². The summed E-state index contributed by atoms with van der Waals surface area (Å²) in [7, 11) is 0. The number of hydrogen-bond acceptors (Lipinski definition) is 2. The molecule has 24 heavy (non-hydrogen) atoms. The van der Waals surface area contributed by atoms with Crippen LogP contribution < -0.4 is 5.32 Å². The van der Waals surface area contributed by atoms with Gasteiger partial charge in [-0.3, -0.25) is 4.99 Å². The summed E-state index contributed by atoms with van der Waals surface area (Å²) in [5, 5.41) is 13.4. The largest absolute Gasteiger partial charge is 0.393 e. The summed E-state index contributed by atoms with van der Waals surface area (Å²) in [6.07, 6.45) is 5.42. The average molecular weight is 329 g/mol. The highest BCUT2D eigenvalue weighted by molar-refractivity contribution is 5.80. The third-order valence-electron chi connectivity index (χ3n) is 5.38. The molecule has 1 heterocycles. The van der Waals surface area contributed by atoms with Crippen molar-refractivity contribution in [1.29, 1.82) is 0 Å². The molecule has 0 spiro atoms. The van der Waals surface area contributed by atoms with Crippen LogP contribution in [0.5, 0.6) is 0 Å². The van der Waals surface area contributed by atoms with Gasteiger partial charge in [-0.2, -0.15) is 0 Å². The fraction of sp³-hybridized carbons (Fsp3) is 0.650. The van der Waals surface area contributed by atoms with Crippen LogP contribution in [0.25, 0.3) is 0 Å². The molecule has 2 N–H and O–H groups in total. The minimum Gasteiger partial charge on any atom is -0.393 e. The van der Waals surface area contributed by atoms with Crippen molar-refractivity contribution in [2.24, 2.45) is 16.8 Å². The van der Waals surface area contributed by atoms with E-state index in [1.54, 1.807) is 0 Å². The highest BCUT2D eigenvalue weighted by atomic mass is 16.3. The Bertz CT molecular complexity index is 531. The molecule has 1 aromatic carbocycles. The van der Waals surface area contributed by atoms with E-state index in [0.717, 1.165) is 57.8 Å². The second-order valence-electron chi connectivity index (χ2n) is 7.24. The Morgan fingerprint density at radius 1 is 1.25 bits per heavy atom.